The molecule has 0 amide bonds. The molecule has 18 heavy (non-hydrogen) atoms. The van der Waals surface area contributed by atoms with Crippen LogP contribution in [0.4, 0.5) is 0 Å². The molecule has 0 spiro atoms. The Kier molecular flexibility index (Phi) is 7.85. The van der Waals surface area contributed by atoms with Gasteiger partial charge in [0.25, 0.3) is 0 Å². The number of nitrogens with zero attached hydrogens (tertiary/aromatic N) is 2. The van der Waals surface area contributed by atoms with Crippen molar-refractivity contribution in [2.24, 2.45) is 9.98 Å². The van der Waals surface area contributed by atoms with Crippen molar-refractivity contribution < 1.29 is 4.74 Å². The summed E-state index contributed by atoms with van der Waals surface area (Å²) in [6.45, 7) is 10.5. The molecular weight excluding hydrogens is 226 g/mol. The van der Waals surface area contributed by atoms with Gasteiger partial charge in [-0.05, 0) is 25.8 Å². The first-order valence-electron chi connectivity index (χ1n) is 7.22. The molecule has 0 aromatic rings. The van der Waals surface area contributed by atoms with E-state index in [9.17, 15) is 0 Å². The molecule has 1 rings (SSSR count). The molecule has 4 nitrogen and oxygen atoms in total. The third-order valence-corrected chi connectivity index (χ3v) is 2.82. The molecule has 0 aromatic heterocycles. The van der Waals surface area contributed by atoms with Gasteiger partial charge in [0.2, 0.25) is 0 Å². The second-order valence-electron chi connectivity index (χ2n) is 4.62. The van der Waals surface area contributed by atoms with E-state index >= 15 is 0 Å². The van der Waals surface area contributed by atoms with E-state index in [4.69, 9.17) is 9.73 Å². The van der Waals surface area contributed by atoms with Crippen molar-refractivity contribution in [3.05, 3.63) is 0 Å². The van der Waals surface area contributed by atoms with Crippen LogP contribution in [0.25, 0.3) is 0 Å². The van der Waals surface area contributed by atoms with E-state index in [1.54, 1.807) is 0 Å². The van der Waals surface area contributed by atoms with E-state index in [-0.39, 0.29) is 6.04 Å². The fourth-order valence-electron chi connectivity index (χ4n) is 1.91. The predicted octanol–water partition coefficient (Wildman–Crippen LogP) is 2.09. The second-order valence-corrected chi connectivity index (χ2v) is 4.62. The van der Waals surface area contributed by atoms with Crippen molar-refractivity contribution in [1.29, 1.82) is 0 Å². The molecular formula is C14H27N3O. The third kappa shape index (κ3) is 4.86. The topological polar surface area (TPSA) is 46.0 Å². The van der Waals surface area contributed by atoms with E-state index in [0.29, 0.717) is 13.2 Å². The Labute approximate surface area is 111 Å². The minimum atomic E-state index is 0.223. The average Bonchev–Trinajstić information content (AvgIpc) is 2.41. The standard InChI is InChI=1S/C14H27N3O/c1-4-7-15-12-10-18-11-13(16-8-5-2)14(12)17-9-6-3/h12,15H,4-11H2,1-3H3. The van der Waals surface area contributed by atoms with Crippen molar-refractivity contribution in [1.82, 2.24) is 5.32 Å². The minimum Gasteiger partial charge on any atom is -0.373 e. The highest BCUT2D eigenvalue weighted by Crippen LogP contribution is 2.05. The van der Waals surface area contributed by atoms with Crippen molar-refractivity contribution in [3.63, 3.8) is 0 Å². The lowest BCUT2D eigenvalue weighted by atomic mass is 10.0. The zero-order chi connectivity index (χ0) is 13.2. The maximum Gasteiger partial charge on any atom is 0.0903 e. The lowest BCUT2D eigenvalue weighted by Gasteiger charge is -2.27. The summed E-state index contributed by atoms with van der Waals surface area (Å²) in [4.78, 5) is 9.33. The van der Waals surface area contributed by atoms with Gasteiger partial charge in [-0.2, -0.15) is 0 Å². The Bertz CT molecular complexity index is 287. The molecule has 1 unspecified atom stereocenters. The summed E-state index contributed by atoms with van der Waals surface area (Å²) < 4.78 is 5.62. The Balaban J connectivity index is 2.75. The molecule has 0 saturated carbocycles. The second kappa shape index (κ2) is 9.22. The summed E-state index contributed by atoms with van der Waals surface area (Å²) in [5, 5.41) is 3.50. The summed E-state index contributed by atoms with van der Waals surface area (Å²) in [5.41, 5.74) is 2.18. The van der Waals surface area contributed by atoms with Gasteiger partial charge in [0.15, 0.2) is 0 Å². The van der Waals surface area contributed by atoms with Crippen LogP contribution in [-0.2, 0) is 4.74 Å². The maximum atomic E-state index is 5.62. The highest BCUT2D eigenvalue weighted by molar-refractivity contribution is 6.45. The largest absolute Gasteiger partial charge is 0.373 e. The number of ether oxygens (including phenoxy) is 1. The highest BCUT2D eigenvalue weighted by atomic mass is 16.5. The van der Waals surface area contributed by atoms with Crippen LogP contribution >= 0.6 is 0 Å². The molecule has 1 N–H and O–H groups in total. The lowest BCUT2D eigenvalue weighted by molar-refractivity contribution is 0.154. The third-order valence-electron chi connectivity index (χ3n) is 2.82. The molecule has 1 heterocycles. The monoisotopic (exact) mass is 253 g/mol. The van der Waals surface area contributed by atoms with Crippen LogP contribution in [0.5, 0.6) is 0 Å². The Morgan fingerprint density at radius 2 is 1.83 bits per heavy atom. The molecule has 1 saturated heterocycles. The van der Waals surface area contributed by atoms with E-state index in [1.165, 1.54) is 0 Å². The Morgan fingerprint density at radius 3 is 2.50 bits per heavy atom. The van der Waals surface area contributed by atoms with Crippen molar-refractivity contribution in [3.8, 4) is 0 Å². The van der Waals surface area contributed by atoms with Gasteiger partial charge in [-0.1, -0.05) is 20.8 Å². The number of nitrogens with one attached hydrogen (secondary N) is 1. The van der Waals surface area contributed by atoms with Crippen LogP contribution in [0.3, 0.4) is 0 Å². The van der Waals surface area contributed by atoms with Gasteiger partial charge >= 0.3 is 0 Å². The van der Waals surface area contributed by atoms with Gasteiger partial charge < -0.3 is 10.1 Å². The summed E-state index contributed by atoms with van der Waals surface area (Å²) in [5.74, 6) is 0. The van der Waals surface area contributed by atoms with Crippen LogP contribution in [0, 0.1) is 0 Å². The fourth-order valence-corrected chi connectivity index (χ4v) is 1.91. The lowest BCUT2D eigenvalue weighted by Crippen LogP contribution is -2.49. The molecule has 0 aliphatic carbocycles. The molecule has 1 fully saturated rings. The number of hydrogen-bond acceptors (Lipinski definition) is 4. The van der Waals surface area contributed by atoms with Gasteiger partial charge in [-0.25, -0.2) is 0 Å². The van der Waals surface area contributed by atoms with Crippen LogP contribution in [0.1, 0.15) is 40.0 Å². The van der Waals surface area contributed by atoms with Crippen LogP contribution < -0.4 is 5.32 Å². The summed E-state index contributed by atoms with van der Waals surface area (Å²) in [6.07, 6.45) is 3.27. The van der Waals surface area contributed by atoms with Crippen molar-refractivity contribution in [2.45, 2.75) is 46.1 Å². The maximum absolute atomic E-state index is 5.62. The van der Waals surface area contributed by atoms with Gasteiger partial charge in [-0.15, -0.1) is 0 Å². The fraction of sp³-hybridized carbons (Fsp3) is 0.857. The summed E-state index contributed by atoms with van der Waals surface area (Å²) in [6, 6.07) is 0.223. The zero-order valence-electron chi connectivity index (χ0n) is 12.0. The van der Waals surface area contributed by atoms with E-state index < -0.39 is 0 Å². The molecule has 1 atom stereocenters. The number of rotatable bonds is 7. The zero-order valence-corrected chi connectivity index (χ0v) is 12.0. The normalized spacial score (nSPS) is 24.9. The SMILES string of the molecule is CCCN=C1COCC(NCCC)C1=NCCC. The van der Waals surface area contributed by atoms with E-state index in [1.807, 2.05) is 0 Å². The summed E-state index contributed by atoms with van der Waals surface area (Å²) in [7, 11) is 0. The molecule has 104 valence electrons. The number of aliphatic imine (C=N–C) groups is 2. The van der Waals surface area contributed by atoms with Gasteiger partial charge in [-0.3, -0.25) is 9.98 Å². The first kappa shape index (κ1) is 15.3. The molecule has 0 aromatic carbocycles. The molecule has 1 aliphatic rings. The van der Waals surface area contributed by atoms with E-state index in [2.05, 4.69) is 31.1 Å². The molecule has 1 aliphatic heterocycles. The molecule has 4 heteroatoms. The van der Waals surface area contributed by atoms with Crippen LogP contribution in [0.2, 0.25) is 0 Å². The van der Waals surface area contributed by atoms with E-state index in [0.717, 1.165) is 50.3 Å². The predicted molar refractivity (Wildman–Crippen MR) is 78.1 cm³/mol. The Morgan fingerprint density at radius 1 is 1.11 bits per heavy atom. The van der Waals surface area contributed by atoms with Crippen LogP contribution in [0.15, 0.2) is 9.98 Å². The van der Waals surface area contributed by atoms with Crippen molar-refractivity contribution in [2.75, 3.05) is 32.8 Å². The van der Waals surface area contributed by atoms with Gasteiger partial charge in [0.05, 0.1) is 30.7 Å². The van der Waals surface area contributed by atoms with Crippen molar-refractivity contribution >= 4 is 11.4 Å². The highest BCUT2D eigenvalue weighted by Gasteiger charge is 2.25. The number of hydrogen-bond donors (Lipinski definition) is 1. The Hall–Kier alpha value is -0.740. The first-order valence-corrected chi connectivity index (χ1v) is 7.22. The first-order chi connectivity index (χ1) is 8.83. The molecule has 0 bridgehead atoms. The van der Waals surface area contributed by atoms with Gasteiger partial charge in [0, 0.05) is 13.1 Å². The average molecular weight is 253 g/mol. The van der Waals surface area contributed by atoms with Gasteiger partial charge in [0.1, 0.15) is 0 Å². The smallest absolute Gasteiger partial charge is 0.0903 e. The molecule has 0 radical (unpaired) electrons. The van der Waals surface area contributed by atoms with Crippen LogP contribution in [-0.4, -0.2) is 50.3 Å². The minimum absolute atomic E-state index is 0.223. The quantitative estimate of drug-likeness (QED) is 0.755. The summed E-state index contributed by atoms with van der Waals surface area (Å²) >= 11 is 0.